The van der Waals surface area contributed by atoms with Crippen molar-refractivity contribution in [3.05, 3.63) is 64.7 Å². The first-order valence-corrected chi connectivity index (χ1v) is 11.0. The first kappa shape index (κ1) is 25.2. The maximum atomic E-state index is 12.6. The molecule has 0 saturated heterocycles. The summed E-state index contributed by atoms with van der Waals surface area (Å²) in [6.45, 7) is 13.1. The van der Waals surface area contributed by atoms with Gasteiger partial charge in [0.1, 0.15) is 5.60 Å². The number of rotatable bonds is 6. The van der Waals surface area contributed by atoms with Crippen LogP contribution in [0.3, 0.4) is 0 Å². The molecule has 174 valence electrons. The number of urea groups is 1. The standard InChI is InChI=1S/C25H36N4O3/c1-8-20(18(2)13-15-28(7)24(31)32-25(4,5)6)12-11-19(3)27-23(30)29-16-21-10-9-14-26-22(21)17-29/h9-14H,8,15-17H2,1-7H3,(H,27,30)/b18-13+,19-11?,20-12+. The van der Waals surface area contributed by atoms with Crippen molar-refractivity contribution in [2.45, 2.75) is 66.7 Å². The van der Waals surface area contributed by atoms with Crippen LogP contribution in [0.2, 0.25) is 0 Å². The van der Waals surface area contributed by atoms with Crippen LogP contribution in [0.1, 0.15) is 59.2 Å². The molecule has 2 heterocycles. The zero-order valence-electron chi connectivity index (χ0n) is 20.4. The van der Waals surface area contributed by atoms with Gasteiger partial charge in [0.05, 0.1) is 12.2 Å². The normalized spacial score (nSPS) is 14.8. The van der Waals surface area contributed by atoms with E-state index in [-0.39, 0.29) is 12.1 Å². The van der Waals surface area contributed by atoms with Gasteiger partial charge in [-0.15, -0.1) is 0 Å². The lowest BCUT2D eigenvalue weighted by molar-refractivity contribution is 0.0317. The second-order valence-electron chi connectivity index (χ2n) is 9.04. The average Bonchev–Trinajstić information content (AvgIpc) is 3.15. The van der Waals surface area contributed by atoms with E-state index in [0.717, 1.165) is 34.5 Å². The van der Waals surface area contributed by atoms with Crippen LogP contribution in [0.4, 0.5) is 9.59 Å². The highest BCUT2D eigenvalue weighted by atomic mass is 16.6. The highest BCUT2D eigenvalue weighted by Crippen LogP contribution is 2.20. The van der Waals surface area contributed by atoms with Crippen molar-refractivity contribution in [1.82, 2.24) is 20.1 Å². The Morgan fingerprint density at radius 2 is 1.97 bits per heavy atom. The summed E-state index contributed by atoms with van der Waals surface area (Å²) in [5.41, 5.74) is 4.51. The number of amides is 3. The molecule has 1 aliphatic heterocycles. The molecule has 3 amide bonds. The molecular weight excluding hydrogens is 404 g/mol. The fraction of sp³-hybridized carbons (Fsp3) is 0.480. The van der Waals surface area contributed by atoms with Crippen molar-refractivity contribution in [2.24, 2.45) is 0 Å². The molecule has 7 nitrogen and oxygen atoms in total. The van der Waals surface area contributed by atoms with Gasteiger partial charge < -0.3 is 19.9 Å². The van der Waals surface area contributed by atoms with Crippen molar-refractivity contribution in [1.29, 1.82) is 0 Å². The molecule has 0 fully saturated rings. The summed E-state index contributed by atoms with van der Waals surface area (Å²) >= 11 is 0. The molecule has 7 heteroatoms. The van der Waals surface area contributed by atoms with Gasteiger partial charge in [0.2, 0.25) is 0 Å². The number of likely N-dealkylation sites (N-methyl/N-ethyl adjacent to an activating group) is 1. The van der Waals surface area contributed by atoms with E-state index in [9.17, 15) is 9.59 Å². The van der Waals surface area contributed by atoms with Gasteiger partial charge in [-0.25, -0.2) is 9.59 Å². The Kier molecular flexibility index (Phi) is 8.63. The van der Waals surface area contributed by atoms with E-state index < -0.39 is 5.60 Å². The molecule has 0 bridgehead atoms. The molecule has 0 aliphatic carbocycles. The molecule has 1 aliphatic rings. The molecule has 1 aromatic rings. The first-order chi connectivity index (χ1) is 15.0. The molecule has 0 unspecified atom stereocenters. The van der Waals surface area contributed by atoms with Crippen LogP contribution in [-0.2, 0) is 17.8 Å². The van der Waals surface area contributed by atoms with E-state index in [2.05, 4.69) is 17.2 Å². The molecule has 32 heavy (non-hydrogen) atoms. The fourth-order valence-electron chi connectivity index (χ4n) is 3.21. The monoisotopic (exact) mass is 440 g/mol. The summed E-state index contributed by atoms with van der Waals surface area (Å²) in [7, 11) is 1.72. The second kappa shape index (κ2) is 11.0. The molecule has 0 saturated carbocycles. The molecule has 1 N–H and O–H groups in total. The lowest BCUT2D eigenvalue weighted by Crippen LogP contribution is -2.35. The zero-order valence-corrected chi connectivity index (χ0v) is 20.4. The summed E-state index contributed by atoms with van der Waals surface area (Å²) in [6, 6.07) is 3.77. The number of carbonyl (C=O) groups is 2. The number of ether oxygens (including phenoxy) is 1. The van der Waals surface area contributed by atoms with Gasteiger partial charge in [-0.2, -0.15) is 0 Å². The summed E-state index contributed by atoms with van der Waals surface area (Å²) in [5, 5.41) is 2.95. The lowest BCUT2D eigenvalue weighted by atomic mass is 10.0. The molecule has 0 atom stereocenters. The number of allylic oxidation sites excluding steroid dienone is 5. The van der Waals surface area contributed by atoms with E-state index in [1.54, 1.807) is 23.0 Å². The Morgan fingerprint density at radius 1 is 1.25 bits per heavy atom. The largest absolute Gasteiger partial charge is 0.444 e. The number of nitrogens with zero attached hydrogens (tertiary/aromatic N) is 3. The number of carbonyl (C=O) groups excluding carboxylic acids is 2. The number of fused-ring (bicyclic) bond motifs is 1. The smallest absolute Gasteiger partial charge is 0.410 e. The van der Waals surface area contributed by atoms with E-state index in [1.165, 1.54) is 0 Å². The molecule has 0 radical (unpaired) electrons. The zero-order chi connectivity index (χ0) is 23.9. The third-order valence-electron chi connectivity index (χ3n) is 5.08. The van der Waals surface area contributed by atoms with Crippen LogP contribution in [0.5, 0.6) is 0 Å². The summed E-state index contributed by atoms with van der Waals surface area (Å²) in [6.07, 6.45) is 8.17. The van der Waals surface area contributed by atoms with Gasteiger partial charge in [0.15, 0.2) is 0 Å². The number of hydrogen-bond acceptors (Lipinski definition) is 4. The van der Waals surface area contributed by atoms with E-state index in [4.69, 9.17) is 4.74 Å². The topological polar surface area (TPSA) is 74.8 Å². The summed E-state index contributed by atoms with van der Waals surface area (Å²) in [5.74, 6) is 0. The third-order valence-corrected chi connectivity index (χ3v) is 5.08. The lowest BCUT2D eigenvalue weighted by Gasteiger charge is -2.24. The van der Waals surface area contributed by atoms with Gasteiger partial charge in [0, 0.05) is 32.0 Å². The Labute approximate surface area is 191 Å². The molecule has 1 aromatic heterocycles. The van der Waals surface area contributed by atoms with Crippen LogP contribution in [-0.4, -0.2) is 46.1 Å². The molecular formula is C25H36N4O3. The third kappa shape index (κ3) is 7.55. The predicted molar refractivity (Wildman–Crippen MR) is 127 cm³/mol. The van der Waals surface area contributed by atoms with Crippen LogP contribution in [0.25, 0.3) is 0 Å². The first-order valence-electron chi connectivity index (χ1n) is 11.0. The van der Waals surface area contributed by atoms with Gasteiger partial charge in [0.25, 0.3) is 0 Å². The number of aromatic nitrogens is 1. The molecule has 2 rings (SSSR count). The van der Waals surface area contributed by atoms with Gasteiger partial charge in [-0.05, 0) is 64.3 Å². The Morgan fingerprint density at radius 3 is 2.59 bits per heavy atom. The van der Waals surface area contributed by atoms with Crippen molar-refractivity contribution < 1.29 is 14.3 Å². The van der Waals surface area contributed by atoms with E-state index in [0.29, 0.717) is 19.6 Å². The quantitative estimate of drug-likeness (QED) is 0.620. The van der Waals surface area contributed by atoms with Crippen LogP contribution < -0.4 is 5.32 Å². The van der Waals surface area contributed by atoms with Crippen LogP contribution >= 0.6 is 0 Å². The Bertz CT molecular complexity index is 900. The minimum absolute atomic E-state index is 0.130. The van der Waals surface area contributed by atoms with Crippen LogP contribution in [0.15, 0.2) is 53.4 Å². The highest BCUT2D eigenvalue weighted by Gasteiger charge is 2.24. The van der Waals surface area contributed by atoms with Crippen molar-refractivity contribution >= 4 is 12.1 Å². The maximum absolute atomic E-state index is 12.6. The van der Waals surface area contributed by atoms with Gasteiger partial charge >= 0.3 is 12.1 Å². The van der Waals surface area contributed by atoms with E-state index in [1.807, 2.05) is 65.0 Å². The van der Waals surface area contributed by atoms with Crippen molar-refractivity contribution in [2.75, 3.05) is 13.6 Å². The van der Waals surface area contributed by atoms with E-state index >= 15 is 0 Å². The van der Waals surface area contributed by atoms with Crippen LogP contribution in [0, 0.1) is 0 Å². The Hall–Kier alpha value is -3.09. The maximum Gasteiger partial charge on any atom is 0.410 e. The molecule has 0 spiro atoms. The highest BCUT2D eigenvalue weighted by molar-refractivity contribution is 5.76. The van der Waals surface area contributed by atoms with Gasteiger partial charge in [-0.1, -0.05) is 30.7 Å². The van der Waals surface area contributed by atoms with Crippen molar-refractivity contribution in [3.63, 3.8) is 0 Å². The fourth-order valence-corrected chi connectivity index (χ4v) is 3.21. The van der Waals surface area contributed by atoms with Gasteiger partial charge in [-0.3, -0.25) is 4.98 Å². The summed E-state index contributed by atoms with van der Waals surface area (Å²) < 4.78 is 5.38. The van der Waals surface area contributed by atoms with Crippen molar-refractivity contribution in [3.8, 4) is 0 Å². The molecule has 0 aromatic carbocycles. The predicted octanol–water partition coefficient (Wildman–Crippen LogP) is 5.16. The second-order valence-corrected chi connectivity index (χ2v) is 9.04. The Balaban J connectivity index is 1.94. The SMILES string of the molecule is CCC(=C\C=C(C)NC(=O)N1Cc2cccnc2C1)/C(C)=C/CN(C)C(=O)OC(C)(C)C. The number of hydrogen-bond donors (Lipinski definition) is 1. The minimum Gasteiger partial charge on any atom is -0.444 e. The number of nitrogens with one attached hydrogen (secondary N) is 1. The summed E-state index contributed by atoms with van der Waals surface area (Å²) in [4.78, 5) is 32.3. The minimum atomic E-state index is -0.514. The number of pyridine rings is 1. The average molecular weight is 441 g/mol.